The minimum atomic E-state index is -3.68. The van der Waals surface area contributed by atoms with Gasteiger partial charge in [-0.2, -0.15) is 0 Å². The molecule has 114 valence electrons. The third kappa shape index (κ3) is 2.29. The van der Waals surface area contributed by atoms with E-state index >= 15 is 0 Å². The number of thiazole rings is 1. The first kappa shape index (κ1) is 13.7. The third-order valence-electron chi connectivity index (χ3n) is 3.87. The van der Waals surface area contributed by atoms with Gasteiger partial charge in [0.05, 0.1) is 17.1 Å². The summed E-state index contributed by atoms with van der Waals surface area (Å²) in [5.41, 5.74) is 3.05. The van der Waals surface area contributed by atoms with E-state index < -0.39 is 10.0 Å². The van der Waals surface area contributed by atoms with Crippen molar-refractivity contribution in [3.05, 3.63) is 47.2 Å². The van der Waals surface area contributed by atoms with E-state index in [0.717, 1.165) is 34.9 Å². The van der Waals surface area contributed by atoms with Gasteiger partial charge in [0.15, 0.2) is 4.96 Å². The Hall–Kier alpha value is -1.90. The summed E-state index contributed by atoms with van der Waals surface area (Å²) >= 11 is 1.59. The summed E-state index contributed by atoms with van der Waals surface area (Å²) in [6.07, 6.45) is 4.89. The maximum Gasteiger partial charge on any atom is 0.238 e. The minimum absolute atomic E-state index is 0.156. The molecule has 1 aliphatic rings. The van der Waals surface area contributed by atoms with Gasteiger partial charge in [-0.1, -0.05) is 6.07 Å². The van der Waals surface area contributed by atoms with Gasteiger partial charge in [-0.25, -0.2) is 18.5 Å². The van der Waals surface area contributed by atoms with E-state index in [2.05, 4.69) is 9.88 Å². The van der Waals surface area contributed by atoms with Crippen LogP contribution in [0.4, 0.5) is 5.69 Å². The number of imidazole rings is 1. The molecule has 1 aliphatic heterocycles. The highest BCUT2D eigenvalue weighted by atomic mass is 32.2. The number of nitrogens with two attached hydrogens (primary N) is 1. The second kappa shape index (κ2) is 4.80. The lowest BCUT2D eigenvalue weighted by Gasteiger charge is -2.18. The van der Waals surface area contributed by atoms with Crippen molar-refractivity contribution in [3.8, 4) is 0 Å². The second-order valence-electron chi connectivity index (χ2n) is 5.33. The van der Waals surface area contributed by atoms with Crippen LogP contribution in [0.2, 0.25) is 0 Å². The van der Waals surface area contributed by atoms with Gasteiger partial charge in [0.1, 0.15) is 0 Å². The molecule has 0 saturated heterocycles. The van der Waals surface area contributed by atoms with E-state index in [-0.39, 0.29) is 4.90 Å². The molecule has 6 nitrogen and oxygen atoms in total. The van der Waals surface area contributed by atoms with Crippen LogP contribution >= 0.6 is 11.3 Å². The van der Waals surface area contributed by atoms with Gasteiger partial charge in [0, 0.05) is 30.0 Å². The number of fused-ring (bicyclic) bond motifs is 2. The lowest BCUT2D eigenvalue weighted by Crippen LogP contribution is -2.20. The number of sulfonamides is 1. The van der Waals surface area contributed by atoms with Crippen LogP contribution < -0.4 is 10.0 Å². The van der Waals surface area contributed by atoms with Gasteiger partial charge in [-0.05, 0) is 24.1 Å². The minimum Gasteiger partial charge on any atom is -0.365 e. The molecule has 3 heterocycles. The predicted octanol–water partition coefficient (Wildman–Crippen LogP) is 1.61. The Bertz CT molecular complexity index is 930. The zero-order valence-corrected chi connectivity index (χ0v) is 13.3. The summed E-state index contributed by atoms with van der Waals surface area (Å²) in [4.78, 5) is 7.85. The van der Waals surface area contributed by atoms with Crippen LogP contribution in [0.25, 0.3) is 4.96 Å². The van der Waals surface area contributed by atoms with E-state index in [9.17, 15) is 8.42 Å². The molecule has 2 aromatic heterocycles. The third-order valence-corrected chi connectivity index (χ3v) is 5.55. The number of hydrogen-bond donors (Lipinski definition) is 1. The van der Waals surface area contributed by atoms with Crippen molar-refractivity contribution in [1.29, 1.82) is 0 Å². The molecule has 0 bridgehead atoms. The maximum absolute atomic E-state index is 11.5. The smallest absolute Gasteiger partial charge is 0.238 e. The molecule has 0 atom stereocenters. The summed E-state index contributed by atoms with van der Waals surface area (Å²) in [7, 11) is -3.68. The molecular weight excluding hydrogens is 320 g/mol. The predicted molar refractivity (Wildman–Crippen MR) is 85.6 cm³/mol. The Morgan fingerprint density at radius 1 is 1.36 bits per heavy atom. The number of primary sulfonamides is 1. The highest BCUT2D eigenvalue weighted by Gasteiger charge is 2.22. The second-order valence-corrected chi connectivity index (χ2v) is 7.77. The first-order chi connectivity index (χ1) is 10.5. The fourth-order valence-electron chi connectivity index (χ4n) is 2.81. The van der Waals surface area contributed by atoms with Gasteiger partial charge in [-0.3, -0.25) is 4.40 Å². The zero-order chi connectivity index (χ0) is 15.3. The van der Waals surface area contributed by atoms with E-state index in [1.54, 1.807) is 23.5 Å². The molecule has 0 amide bonds. The number of rotatable bonds is 3. The van der Waals surface area contributed by atoms with Crippen molar-refractivity contribution in [2.75, 3.05) is 11.4 Å². The van der Waals surface area contributed by atoms with E-state index in [4.69, 9.17) is 5.14 Å². The van der Waals surface area contributed by atoms with Crippen molar-refractivity contribution in [2.24, 2.45) is 5.14 Å². The lowest BCUT2D eigenvalue weighted by molar-refractivity contribution is 0.598. The van der Waals surface area contributed by atoms with E-state index in [1.165, 1.54) is 0 Å². The molecule has 8 heteroatoms. The fraction of sp³-hybridized carbons (Fsp3) is 0.214. The van der Waals surface area contributed by atoms with Crippen molar-refractivity contribution < 1.29 is 8.42 Å². The largest absolute Gasteiger partial charge is 0.365 e. The molecule has 22 heavy (non-hydrogen) atoms. The number of nitrogens with zero attached hydrogens (tertiary/aromatic N) is 3. The van der Waals surface area contributed by atoms with E-state index in [1.807, 2.05) is 28.2 Å². The van der Waals surface area contributed by atoms with Crippen molar-refractivity contribution in [2.45, 2.75) is 17.9 Å². The average molecular weight is 334 g/mol. The molecule has 0 unspecified atom stereocenters. The summed E-state index contributed by atoms with van der Waals surface area (Å²) < 4.78 is 25.0. The van der Waals surface area contributed by atoms with Gasteiger partial charge in [0.2, 0.25) is 10.0 Å². The Kier molecular flexibility index (Phi) is 3.00. The molecule has 0 saturated carbocycles. The van der Waals surface area contributed by atoms with Crippen molar-refractivity contribution in [3.63, 3.8) is 0 Å². The lowest BCUT2D eigenvalue weighted by atomic mass is 10.2. The Balaban J connectivity index is 1.67. The molecule has 0 fully saturated rings. The highest BCUT2D eigenvalue weighted by molar-refractivity contribution is 7.89. The zero-order valence-electron chi connectivity index (χ0n) is 11.6. The number of hydrogen-bond acceptors (Lipinski definition) is 5. The Morgan fingerprint density at radius 2 is 2.23 bits per heavy atom. The van der Waals surface area contributed by atoms with Crippen LogP contribution in [0.1, 0.15) is 11.3 Å². The van der Waals surface area contributed by atoms with Crippen LogP contribution in [0.15, 0.2) is 40.9 Å². The number of aromatic nitrogens is 2. The number of anilines is 1. The molecule has 0 spiro atoms. The van der Waals surface area contributed by atoms with Gasteiger partial charge in [-0.15, -0.1) is 11.3 Å². The molecule has 3 aromatic rings. The van der Waals surface area contributed by atoms with Crippen LogP contribution in [0.3, 0.4) is 0 Å². The summed E-state index contributed by atoms with van der Waals surface area (Å²) in [6, 6.07) is 5.08. The topological polar surface area (TPSA) is 80.7 Å². The molecular formula is C14H14N4O2S2. The fourth-order valence-corrected chi connectivity index (χ4v) is 4.07. The average Bonchev–Trinajstić information content (AvgIpc) is 3.12. The molecule has 0 aliphatic carbocycles. The quantitative estimate of drug-likeness (QED) is 0.789. The van der Waals surface area contributed by atoms with Crippen LogP contribution in [-0.4, -0.2) is 24.3 Å². The molecule has 4 rings (SSSR count). The van der Waals surface area contributed by atoms with Crippen LogP contribution in [0.5, 0.6) is 0 Å². The summed E-state index contributed by atoms with van der Waals surface area (Å²) in [5.74, 6) is 0. The van der Waals surface area contributed by atoms with Crippen LogP contribution in [-0.2, 0) is 23.0 Å². The first-order valence-electron chi connectivity index (χ1n) is 6.82. The van der Waals surface area contributed by atoms with Gasteiger partial charge < -0.3 is 4.90 Å². The standard InChI is InChI=1S/C14H14N4O2S2/c15-22(19,20)12-2-1-10-3-4-17(13(10)7-12)8-11-9-18-5-6-21-14(18)16-11/h1-2,5-7,9H,3-4,8H2,(H2,15,19,20). The SMILES string of the molecule is NS(=O)(=O)c1ccc2c(c1)N(Cc1cn3ccsc3n1)CC2. The van der Waals surface area contributed by atoms with Crippen molar-refractivity contribution >= 4 is 32.0 Å². The Morgan fingerprint density at radius 3 is 3.00 bits per heavy atom. The highest BCUT2D eigenvalue weighted by Crippen LogP contribution is 2.31. The maximum atomic E-state index is 11.5. The molecule has 0 radical (unpaired) electrons. The van der Waals surface area contributed by atoms with E-state index in [0.29, 0.717) is 6.54 Å². The van der Waals surface area contributed by atoms with Gasteiger partial charge in [0.25, 0.3) is 0 Å². The molecule has 2 N–H and O–H groups in total. The van der Waals surface area contributed by atoms with Crippen molar-refractivity contribution in [1.82, 2.24) is 9.38 Å². The molecule has 1 aromatic carbocycles. The van der Waals surface area contributed by atoms with Crippen LogP contribution in [0, 0.1) is 0 Å². The summed E-state index contributed by atoms with van der Waals surface area (Å²) in [6.45, 7) is 1.52. The normalized spacial score (nSPS) is 14.7. The monoisotopic (exact) mass is 334 g/mol. The first-order valence-corrected chi connectivity index (χ1v) is 9.25. The number of benzene rings is 1. The Labute approximate surface area is 131 Å². The summed E-state index contributed by atoms with van der Waals surface area (Å²) in [5, 5.41) is 7.22. The van der Waals surface area contributed by atoms with Gasteiger partial charge >= 0.3 is 0 Å².